The van der Waals surface area contributed by atoms with E-state index in [2.05, 4.69) is 15.4 Å². The number of ether oxygens (including phenoxy) is 1. The Kier molecular flexibility index (Phi) is 6.00. The van der Waals surface area contributed by atoms with Gasteiger partial charge in [0, 0.05) is 19.6 Å². The number of carbonyl (C=O) groups is 1. The fraction of sp³-hybridized carbons (Fsp3) is 0.409. The third-order valence-electron chi connectivity index (χ3n) is 5.57. The van der Waals surface area contributed by atoms with Crippen LogP contribution in [0, 0.1) is 5.82 Å². The number of alkyl halides is 3. The van der Waals surface area contributed by atoms with Crippen molar-refractivity contribution in [3.63, 3.8) is 0 Å². The molecule has 1 aromatic carbocycles. The molecule has 1 unspecified atom stereocenters. The van der Waals surface area contributed by atoms with E-state index in [1.807, 2.05) is 13.8 Å². The molecule has 33 heavy (non-hydrogen) atoms. The van der Waals surface area contributed by atoms with Crippen molar-refractivity contribution in [1.82, 2.24) is 20.1 Å². The number of anilines is 1. The van der Waals surface area contributed by atoms with Crippen LogP contribution in [-0.2, 0) is 4.74 Å². The molecule has 7 nitrogen and oxygen atoms in total. The highest BCUT2D eigenvalue weighted by molar-refractivity contribution is 5.99. The van der Waals surface area contributed by atoms with E-state index >= 15 is 0 Å². The Balaban J connectivity index is 1.97. The van der Waals surface area contributed by atoms with Crippen molar-refractivity contribution in [2.75, 3.05) is 31.6 Å². The molecule has 0 bridgehead atoms. The summed E-state index contributed by atoms with van der Waals surface area (Å²) < 4.78 is 60.1. The summed E-state index contributed by atoms with van der Waals surface area (Å²) >= 11 is 0. The van der Waals surface area contributed by atoms with Gasteiger partial charge in [0.25, 0.3) is 0 Å². The van der Waals surface area contributed by atoms with E-state index in [0.29, 0.717) is 29.0 Å². The number of benzene rings is 1. The number of esters is 1. The van der Waals surface area contributed by atoms with E-state index in [0.717, 1.165) is 0 Å². The Bertz CT molecular complexity index is 1170. The van der Waals surface area contributed by atoms with Gasteiger partial charge in [-0.25, -0.2) is 18.9 Å². The second-order valence-electron chi connectivity index (χ2n) is 8.14. The summed E-state index contributed by atoms with van der Waals surface area (Å²) in [5.74, 6) is -1.25. The first-order valence-corrected chi connectivity index (χ1v) is 10.4. The highest BCUT2D eigenvalue weighted by Gasteiger charge is 2.42. The molecule has 1 fully saturated rings. The van der Waals surface area contributed by atoms with E-state index < -0.39 is 24.0 Å². The highest BCUT2D eigenvalue weighted by Crippen LogP contribution is 2.36. The maximum absolute atomic E-state index is 13.5. The Morgan fingerprint density at radius 1 is 1.24 bits per heavy atom. The van der Waals surface area contributed by atoms with Crippen molar-refractivity contribution < 1.29 is 27.1 Å². The quantitative estimate of drug-likeness (QED) is 0.467. The minimum Gasteiger partial charge on any atom is -0.464 e. The minimum atomic E-state index is -4.42. The van der Waals surface area contributed by atoms with Crippen LogP contribution in [0.4, 0.5) is 23.2 Å². The largest absolute Gasteiger partial charge is 0.464 e. The number of hydrogen-bond acceptors (Lipinski definition) is 6. The van der Waals surface area contributed by atoms with Crippen molar-refractivity contribution in [3.8, 4) is 5.69 Å². The summed E-state index contributed by atoms with van der Waals surface area (Å²) in [6.45, 7) is 3.90. The molecule has 1 aliphatic heterocycles. The Hall–Kier alpha value is -3.21. The summed E-state index contributed by atoms with van der Waals surface area (Å²) in [7, 11) is 1.20. The number of pyridine rings is 1. The number of methoxy groups -OCH3 is 1. The molecule has 1 saturated heterocycles. The topological polar surface area (TPSA) is 72.3 Å². The number of nitrogens with zero attached hydrogens (tertiary/aromatic N) is 4. The maximum atomic E-state index is 13.5. The molecule has 4 rings (SSSR count). The molecule has 11 heteroatoms. The monoisotopic (exact) mass is 465 g/mol. The molecular weight excluding hydrogens is 442 g/mol. The van der Waals surface area contributed by atoms with Crippen LogP contribution in [0.1, 0.15) is 35.9 Å². The maximum Gasteiger partial charge on any atom is 0.405 e. The van der Waals surface area contributed by atoms with Gasteiger partial charge < -0.3 is 15.0 Å². The fourth-order valence-corrected chi connectivity index (χ4v) is 3.94. The van der Waals surface area contributed by atoms with Crippen LogP contribution in [-0.4, -0.2) is 59.7 Å². The Morgan fingerprint density at radius 2 is 1.94 bits per heavy atom. The average molecular weight is 465 g/mol. The third kappa shape index (κ3) is 4.37. The first-order valence-electron chi connectivity index (χ1n) is 10.4. The number of rotatable bonds is 4. The van der Waals surface area contributed by atoms with Crippen LogP contribution in [0.3, 0.4) is 0 Å². The van der Waals surface area contributed by atoms with Gasteiger partial charge in [-0.3, -0.25) is 0 Å². The molecule has 0 amide bonds. The summed E-state index contributed by atoms with van der Waals surface area (Å²) in [4.78, 5) is 18.4. The van der Waals surface area contributed by atoms with Crippen LogP contribution in [0.15, 0.2) is 30.3 Å². The normalized spacial score (nSPS) is 17.1. The number of hydrogen-bond donors (Lipinski definition) is 1. The van der Waals surface area contributed by atoms with Gasteiger partial charge in [-0.15, -0.1) is 0 Å². The van der Waals surface area contributed by atoms with Crippen LogP contribution in [0.25, 0.3) is 16.7 Å². The lowest BCUT2D eigenvalue weighted by Gasteiger charge is -2.36. The van der Waals surface area contributed by atoms with Crippen molar-refractivity contribution in [2.24, 2.45) is 0 Å². The van der Waals surface area contributed by atoms with Gasteiger partial charge in [-0.05, 0) is 36.2 Å². The first kappa shape index (κ1) is 23.0. The van der Waals surface area contributed by atoms with E-state index in [1.165, 1.54) is 42.1 Å². The van der Waals surface area contributed by atoms with Gasteiger partial charge in [0.1, 0.15) is 11.9 Å². The lowest BCUT2D eigenvalue weighted by Crippen LogP contribution is -2.57. The molecular formula is C22H23F4N5O2. The first-order chi connectivity index (χ1) is 15.6. The lowest BCUT2D eigenvalue weighted by molar-refractivity contribution is -0.155. The van der Waals surface area contributed by atoms with Gasteiger partial charge in [0.15, 0.2) is 11.3 Å². The highest BCUT2D eigenvalue weighted by atomic mass is 19.4. The molecule has 176 valence electrons. The third-order valence-corrected chi connectivity index (χ3v) is 5.57. The van der Waals surface area contributed by atoms with Crippen LogP contribution in [0.5, 0.6) is 0 Å². The van der Waals surface area contributed by atoms with Crippen LogP contribution < -0.4 is 10.2 Å². The van der Waals surface area contributed by atoms with Crippen molar-refractivity contribution in [1.29, 1.82) is 0 Å². The predicted octanol–water partition coefficient (Wildman–Crippen LogP) is 3.81. The molecule has 0 spiro atoms. The SMILES string of the molecule is COC(=O)c1cc(N2CCNC(C(F)(F)F)C2)c2c(C(C)C)nn(-c3ccc(F)cc3)c2n1. The zero-order valence-corrected chi connectivity index (χ0v) is 18.3. The second kappa shape index (κ2) is 8.62. The van der Waals surface area contributed by atoms with Gasteiger partial charge in [0.05, 0.1) is 29.6 Å². The summed E-state index contributed by atoms with van der Waals surface area (Å²) in [6, 6.07) is 5.31. The molecule has 1 N–H and O–H groups in total. The zero-order valence-electron chi connectivity index (χ0n) is 18.3. The summed E-state index contributed by atoms with van der Waals surface area (Å²) in [5.41, 5.74) is 1.76. The Morgan fingerprint density at radius 3 is 2.55 bits per heavy atom. The molecule has 1 aliphatic rings. The molecule has 0 aliphatic carbocycles. The van der Waals surface area contributed by atoms with Crippen molar-refractivity contribution in [2.45, 2.75) is 32.0 Å². The standard InChI is InChI=1S/C22H23F4N5O2/c1-12(2)19-18-16(30-9-8-27-17(11-30)22(24,25)26)10-15(21(32)33-3)28-20(18)31(29-19)14-6-4-13(23)5-7-14/h4-7,10,12,17,27H,8-9,11H2,1-3H3. The molecule has 0 saturated carbocycles. The van der Waals surface area contributed by atoms with Crippen molar-refractivity contribution in [3.05, 3.63) is 47.5 Å². The number of carbonyl (C=O) groups excluding carboxylic acids is 1. The summed E-state index contributed by atoms with van der Waals surface area (Å²) in [6.07, 6.45) is -4.42. The van der Waals surface area contributed by atoms with Gasteiger partial charge >= 0.3 is 12.1 Å². The van der Waals surface area contributed by atoms with Gasteiger partial charge in [-0.2, -0.15) is 18.3 Å². The number of piperazine rings is 1. The summed E-state index contributed by atoms with van der Waals surface area (Å²) in [5, 5.41) is 7.70. The van der Waals surface area contributed by atoms with Gasteiger partial charge in [0.2, 0.25) is 0 Å². The number of halogens is 4. The van der Waals surface area contributed by atoms with Crippen molar-refractivity contribution >= 4 is 22.7 Å². The Labute approximate surface area is 187 Å². The number of fused-ring (bicyclic) bond motifs is 1. The number of aromatic nitrogens is 3. The van der Waals surface area contributed by atoms with E-state index in [9.17, 15) is 22.4 Å². The van der Waals surface area contributed by atoms with Crippen LogP contribution in [0.2, 0.25) is 0 Å². The van der Waals surface area contributed by atoms with E-state index in [1.54, 1.807) is 4.90 Å². The number of nitrogens with one attached hydrogen (secondary N) is 1. The fourth-order valence-electron chi connectivity index (χ4n) is 3.94. The molecule has 2 aromatic heterocycles. The van der Waals surface area contributed by atoms with E-state index in [4.69, 9.17) is 4.74 Å². The van der Waals surface area contributed by atoms with E-state index in [-0.39, 0.29) is 30.3 Å². The molecule has 1 atom stereocenters. The average Bonchev–Trinajstić information content (AvgIpc) is 3.18. The molecule has 0 radical (unpaired) electrons. The second-order valence-corrected chi connectivity index (χ2v) is 8.14. The predicted molar refractivity (Wildman–Crippen MR) is 114 cm³/mol. The van der Waals surface area contributed by atoms with Crippen LogP contribution >= 0.6 is 0 Å². The molecule has 3 heterocycles. The smallest absolute Gasteiger partial charge is 0.405 e. The molecule has 3 aromatic rings. The van der Waals surface area contributed by atoms with Gasteiger partial charge in [-0.1, -0.05) is 13.8 Å². The lowest BCUT2D eigenvalue weighted by atomic mass is 10.0. The minimum absolute atomic E-state index is 0.0549. The zero-order chi connectivity index (χ0) is 23.9.